The highest BCUT2D eigenvalue weighted by Crippen LogP contribution is 2.28. The predicted molar refractivity (Wildman–Crippen MR) is 107 cm³/mol. The van der Waals surface area contributed by atoms with E-state index >= 15 is 0 Å². The zero-order valence-corrected chi connectivity index (χ0v) is 17.6. The van der Waals surface area contributed by atoms with Gasteiger partial charge in [-0.2, -0.15) is 5.26 Å². The van der Waals surface area contributed by atoms with Crippen molar-refractivity contribution in [3.8, 4) is 6.07 Å². The van der Waals surface area contributed by atoms with Gasteiger partial charge in [0.15, 0.2) is 5.16 Å². The van der Waals surface area contributed by atoms with Crippen molar-refractivity contribution in [2.75, 3.05) is 5.75 Å². The molecule has 26 heavy (non-hydrogen) atoms. The van der Waals surface area contributed by atoms with Gasteiger partial charge in [0.2, 0.25) is 5.91 Å². The molecule has 0 aromatic carbocycles. The van der Waals surface area contributed by atoms with Gasteiger partial charge >= 0.3 is 0 Å². The fraction of sp³-hybridized carbons (Fsp3) is 0.556. The molecule has 8 heteroatoms. The first-order valence-corrected chi connectivity index (χ1v) is 10.3. The zero-order valence-electron chi connectivity index (χ0n) is 16.0. The van der Waals surface area contributed by atoms with E-state index < -0.39 is 5.54 Å². The molecular formula is C18H24N4O2S2. The van der Waals surface area contributed by atoms with Crippen molar-refractivity contribution >= 4 is 39.2 Å². The highest BCUT2D eigenvalue weighted by Gasteiger charge is 2.30. The first kappa shape index (κ1) is 20.5. The van der Waals surface area contributed by atoms with Crippen LogP contribution in [-0.2, 0) is 11.3 Å². The number of aromatic nitrogens is 2. The van der Waals surface area contributed by atoms with Gasteiger partial charge in [0.1, 0.15) is 10.4 Å². The quantitative estimate of drug-likeness (QED) is 0.602. The first-order valence-electron chi connectivity index (χ1n) is 8.50. The third-order valence-electron chi connectivity index (χ3n) is 4.69. The molecule has 2 aromatic heterocycles. The molecule has 0 radical (unpaired) electrons. The molecule has 0 aliphatic rings. The van der Waals surface area contributed by atoms with Gasteiger partial charge in [0, 0.05) is 11.4 Å². The molecule has 0 bridgehead atoms. The molecule has 0 aliphatic carbocycles. The zero-order chi connectivity index (χ0) is 19.6. The summed E-state index contributed by atoms with van der Waals surface area (Å²) in [5.74, 6) is -0.157. The average molecular weight is 393 g/mol. The maximum absolute atomic E-state index is 12.8. The number of hydrogen-bond acceptors (Lipinski definition) is 6. The van der Waals surface area contributed by atoms with Crippen LogP contribution < -0.4 is 10.9 Å². The Balaban J connectivity index is 2.28. The summed E-state index contributed by atoms with van der Waals surface area (Å²) in [7, 11) is 0. The number of amides is 1. The van der Waals surface area contributed by atoms with E-state index in [0.717, 1.165) is 10.4 Å². The Morgan fingerprint density at radius 2 is 2.12 bits per heavy atom. The molecule has 1 atom stereocenters. The van der Waals surface area contributed by atoms with Crippen molar-refractivity contribution in [1.82, 2.24) is 14.9 Å². The third-order valence-corrected chi connectivity index (χ3v) is 6.77. The van der Waals surface area contributed by atoms with Crippen molar-refractivity contribution in [1.29, 1.82) is 5.26 Å². The van der Waals surface area contributed by atoms with Gasteiger partial charge in [0.25, 0.3) is 5.56 Å². The number of nitriles is 1. The molecule has 2 heterocycles. The van der Waals surface area contributed by atoms with Crippen LogP contribution in [0.2, 0.25) is 0 Å². The van der Waals surface area contributed by atoms with E-state index in [1.165, 1.54) is 23.1 Å². The fourth-order valence-electron chi connectivity index (χ4n) is 2.45. The number of carbonyl (C=O) groups is 1. The van der Waals surface area contributed by atoms with Gasteiger partial charge < -0.3 is 5.32 Å². The van der Waals surface area contributed by atoms with Gasteiger partial charge in [0.05, 0.1) is 17.2 Å². The Morgan fingerprint density at radius 1 is 1.46 bits per heavy atom. The van der Waals surface area contributed by atoms with E-state index in [1.54, 1.807) is 11.5 Å². The largest absolute Gasteiger partial charge is 0.337 e. The van der Waals surface area contributed by atoms with Gasteiger partial charge in [-0.1, -0.05) is 25.6 Å². The lowest BCUT2D eigenvalue weighted by molar-refractivity contribution is -0.120. The van der Waals surface area contributed by atoms with Crippen molar-refractivity contribution in [2.24, 2.45) is 5.92 Å². The van der Waals surface area contributed by atoms with Crippen LogP contribution in [0.1, 0.15) is 38.1 Å². The molecular weight excluding hydrogens is 368 g/mol. The van der Waals surface area contributed by atoms with E-state index in [1.807, 2.05) is 34.6 Å². The Bertz CT molecular complexity index is 939. The second-order valence-electron chi connectivity index (χ2n) is 6.71. The number of hydrogen-bond donors (Lipinski definition) is 1. The van der Waals surface area contributed by atoms with Crippen LogP contribution in [0.3, 0.4) is 0 Å². The lowest BCUT2D eigenvalue weighted by Gasteiger charge is -2.27. The van der Waals surface area contributed by atoms with Gasteiger partial charge in [-0.05, 0) is 39.2 Å². The molecule has 2 rings (SSSR count). The molecule has 0 unspecified atom stereocenters. The Kier molecular flexibility index (Phi) is 6.14. The van der Waals surface area contributed by atoms with Crippen LogP contribution in [0.5, 0.6) is 0 Å². The number of thioether (sulfide) groups is 1. The van der Waals surface area contributed by atoms with Crippen molar-refractivity contribution < 1.29 is 4.79 Å². The van der Waals surface area contributed by atoms with Crippen LogP contribution in [-0.4, -0.2) is 26.8 Å². The SMILES string of the molecule is CCn1c(SCC(=O)N[C@@](C)(C#N)C(C)C)nc2sc(C)c(C)c2c1=O. The topological polar surface area (TPSA) is 87.8 Å². The van der Waals surface area contributed by atoms with Crippen molar-refractivity contribution in [3.63, 3.8) is 0 Å². The third kappa shape index (κ3) is 3.79. The molecule has 0 aliphatic heterocycles. The summed E-state index contributed by atoms with van der Waals surface area (Å²) in [4.78, 5) is 31.5. The van der Waals surface area contributed by atoms with E-state index in [2.05, 4.69) is 16.4 Å². The smallest absolute Gasteiger partial charge is 0.263 e. The average Bonchev–Trinajstić information content (AvgIpc) is 2.87. The van der Waals surface area contributed by atoms with E-state index in [0.29, 0.717) is 21.9 Å². The summed E-state index contributed by atoms with van der Waals surface area (Å²) in [6, 6.07) is 2.16. The second kappa shape index (κ2) is 7.80. The molecule has 140 valence electrons. The maximum Gasteiger partial charge on any atom is 0.263 e. The standard InChI is InChI=1S/C18H24N4O2S2/c1-7-22-16(24)14-11(4)12(5)26-15(14)20-17(22)25-8-13(23)21-18(6,9-19)10(2)3/h10H,7-8H2,1-6H3,(H,21,23)/t18-/m0/s1. The van der Waals surface area contributed by atoms with Crippen molar-refractivity contribution in [3.05, 3.63) is 20.8 Å². The fourth-order valence-corrected chi connectivity index (χ4v) is 4.39. The number of rotatable bonds is 6. The Hall–Kier alpha value is -1.85. The highest BCUT2D eigenvalue weighted by molar-refractivity contribution is 7.99. The lowest BCUT2D eigenvalue weighted by atomic mass is 9.90. The predicted octanol–water partition coefficient (Wildman–Crippen LogP) is 3.24. The van der Waals surface area contributed by atoms with Crippen LogP contribution >= 0.6 is 23.1 Å². The minimum absolute atomic E-state index is 0.0122. The minimum atomic E-state index is -0.915. The number of aryl methyl sites for hydroxylation is 2. The first-order chi connectivity index (χ1) is 12.1. The normalized spacial score (nSPS) is 13.6. The molecule has 1 amide bonds. The maximum atomic E-state index is 12.8. The van der Waals surface area contributed by atoms with Crippen LogP contribution in [0.4, 0.5) is 0 Å². The monoisotopic (exact) mass is 392 g/mol. The molecule has 0 saturated carbocycles. The lowest BCUT2D eigenvalue weighted by Crippen LogP contribution is -2.49. The van der Waals surface area contributed by atoms with Crippen LogP contribution in [0, 0.1) is 31.1 Å². The summed E-state index contributed by atoms with van der Waals surface area (Å²) in [6.45, 7) is 11.8. The van der Waals surface area contributed by atoms with Gasteiger partial charge in [-0.25, -0.2) is 4.98 Å². The highest BCUT2D eigenvalue weighted by atomic mass is 32.2. The van der Waals surface area contributed by atoms with E-state index in [4.69, 9.17) is 0 Å². The summed E-state index contributed by atoms with van der Waals surface area (Å²) in [6.07, 6.45) is 0. The number of fused-ring (bicyclic) bond motifs is 1. The second-order valence-corrected chi connectivity index (χ2v) is 8.86. The number of nitrogens with one attached hydrogen (secondary N) is 1. The summed E-state index contributed by atoms with van der Waals surface area (Å²) in [5, 5.41) is 13.3. The van der Waals surface area contributed by atoms with Crippen molar-refractivity contribution in [2.45, 2.75) is 58.8 Å². The Morgan fingerprint density at radius 3 is 2.65 bits per heavy atom. The summed E-state index contributed by atoms with van der Waals surface area (Å²) >= 11 is 2.72. The summed E-state index contributed by atoms with van der Waals surface area (Å²) < 4.78 is 1.60. The molecule has 1 N–H and O–H groups in total. The molecule has 0 spiro atoms. The number of carbonyl (C=O) groups excluding carboxylic acids is 1. The van der Waals surface area contributed by atoms with Gasteiger partial charge in [-0.3, -0.25) is 14.2 Å². The number of nitrogens with zero attached hydrogens (tertiary/aromatic N) is 3. The van der Waals surface area contributed by atoms with E-state index in [9.17, 15) is 14.9 Å². The summed E-state index contributed by atoms with van der Waals surface area (Å²) in [5.41, 5.74) is -0.00598. The molecule has 0 fully saturated rings. The molecule has 6 nitrogen and oxygen atoms in total. The van der Waals surface area contributed by atoms with Crippen LogP contribution in [0.25, 0.3) is 10.2 Å². The molecule has 2 aromatic rings. The molecule has 0 saturated heterocycles. The van der Waals surface area contributed by atoms with Crippen LogP contribution in [0.15, 0.2) is 9.95 Å². The van der Waals surface area contributed by atoms with E-state index in [-0.39, 0.29) is 23.1 Å². The minimum Gasteiger partial charge on any atom is -0.337 e. The Labute approximate surface area is 161 Å². The number of thiophene rings is 1. The van der Waals surface area contributed by atoms with Gasteiger partial charge in [-0.15, -0.1) is 11.3 Å².